The van der Waals surface area contributed by atoms with E-state index in [-0.39, 0.29) is 6.04 Å². The maximum absolute atomic E-state index is 11.8. The molecule has 1 aliphatic rings. The maximum atomic E-state index is 11.8. The largest absolute Gasteiger partial charge is 0.348 e. The van der Waals surface area contributed by atoms with Crippen molar-refractivity contribution in [3.05, 3.63) is 0 Å². The van der Waals surface area contributed by atoms with Gasteiger partial charge < -0.3 is 5.32 Å². The quantitative estimate of drug-likeness (QED) is 0.713. The number of alkyl halides is 2. The van der Waals surface area contributed by atoms with E-state index in [0.29, 0.717) is 24.3 Å². The Labute approximate surface area is 77.3 Å². The molecule has 0 aromatic heterocycles. The molecule has 0 atom stereocenters. The Hall–Kier alpha value is -0.520. The van der Waals surface area contributed by atoms with Gasteiger partial charge >= 0.3 is 6.43 Å². The van der Waals surface area contributed by atoms with E-state index in [0.717, 1.165) is 0 Å². The van der Waals surface area contributed by atoms with Gasteiger partial charge in [0, 0.05) is 28.3 Å². The van der Waals surface area contributed by atoms with Crippen LogP contribution in [0, 0.1) is 0 Å². The fraction of sp³-hybridized carbons (Fsp3) is 0.857. The third-order valence-corrected chi connectivity index (χ3v) is 3.31. The summed E-state index contributed by atoms with van der Waals surface area (Å²) in [5.41, 5.74) is 0. The average molecular weight is 211 g/mol. The molecule has 0 saturated carbocycles. The van der Waals surface area contributed by atoms with Gasteiger partial charge in [-0.1, -0.05) is 0 Å². The van der Waals surface area contributed by atoms with E-state index in [1.165, 1.54) is 0 Å². The molecule has 76 valence electrons. The molecule has 1 aliphatic heterocycles. The lowest BCUT2D eigenvalue weighted by atomic mass is 10.1. The van der Waals surface area contributed by atoms with Crippen molar-refractivity contribution < 1.29 is 17.8 Å². The number of rotatable bonds is 2. The summed E-state index contributed by atoms with van der Waals surface area (Å²) >= 11 is 0. The highest BCUT2D eigenvalue weighted by molar-refractivity contribution is 7.85. The number of hydrogen-bond donors (Lipinski definition) is 1. The van der Waals surface area contributed by atoms with E-state index in [4.69, 9.17) is 0 Å². The van der Waals surface area contributed by atoms with E-state index < -0.39 is 23.1 Å². The van der Waals surface area contributed by atoms with Crippen LogP contribution in [0.4, 0.5) is 8.78 Å². The second kappa shape index (κ2) is 4.64. The number of carbonyl (C=O) groups is 1. The van der Waals surface area contributed by atoms with Crippen LogP contribution in [0.15, 0.2) is 0 Å². The summed E-state index contributed by atoms with van der Waals surface area (Å²) in [6.07, 6.45) is -1.89. The molecule has 6 heteroatoms. The smallest absolute Gasteiger partial charge is 0.315 e. The molecule has 3 nitrogen and oxygen atoms in total. The number of nitrogens with one attached hydrogen (secondary N) is 1. The molecule has 13 heavy (non-hydrogen) atoms. The number of amides is 1. The third-order valence-electron chi connectivity index (χ3n) is 1.93. The fourth-order valence-corrected chi connectivity index (χ4v) is 2.50. The zero-order valence-electron chi connectivity index (χ0n) is 6.96. The Morgan fingerprint density at radius 3 is 2.38 bits per heavy atom. The first-order chi connectivity index (χ1) is 6.09. The van der Waals surface area contributed by atoms with Gasteiger partial charge in [0.1, 0.15) is 0 Å². The minimum absolute atomic E-state index is 0.223. The van der Waals surface area contributed by atoms with Crippen LogP contribution in [0.1, 0.15) is 12.8 Å². The van der Waals surface area contributed by atoms with Crippen molar-refractivity contribution in [2.24, 2.45) is 0 Å². The summed E-state index contributed by atoms with van der Waals surface area (Å²) in [6, 6.07) is -0.223. The lowest BCUT2D eigenvalue weighted by Crippen LogP contribution is -2.42. The second-order valence-electron chi connectivity index (χ2n) is 2.93. The van der Waals surface area contributed by atoms with Crippen LogP contribution < -0.4 is 5.32 Å². The molecule has 0 unspecified atom stereocenters. The van der Waals surface area contributed by atoms with Crippen LogP contribution in [-0.4, -0.2) is 34.1 Å². The predicted octanol–water partition coefficient (Wildman–Crippen LogP) is 0.279. The van der Waals surface area contributed by atoms with Crippen molar-refractivity contribution in [2.75, 3.05) is 11.5 Å². The highest BCUT2D eigenvalue weighted by Crippen LogP contribution is 2.09. The maximum Gasteiger partial charge on any atom is 0.315 e. The number of hydrogen-bond acceptors (Lipinski definition) is 2. The SMILES string of the molecule is O=C(NC1CCS(=O)CC1)C(F)F. The molecule has 1 N–H and O–H groups in total. The Bertz CT molecular complexity index is 213. The first-order valence-electron chi connectivity index (χ1n) is 4.03. The van der Waals surface area contributed by atoms with Gasteiger partial charge in [-0.3, -0.25) is 9.00 Å². The molecule has 1 fully saturated rings. The molecule has 1 saturated heterocycles. The van der Waals surface area contributed by atoms with E-state index in [9.17, 15) is 17.8 Å². The van der Waals surface area contributed by atoms with E-state index in [1.807, 2.05) is 0 Å². The Morgan fingerprint density at radius 2 is 1.92 bits per heavy atom. The molecule has 0 aliphatic carbocycles. The molecule has 1 rings (SSSR count). The van der Waals surface area contributed by atoms with Crippen molar-refractivity contribution in [3.8, 4) is 0 Å². The van der Waals surface area contributed by atoms with Gasteiger partial charge in [-0.2, -0.15) is 8.78 Å². The standard InChI is InChI=1S/C7H11F2NO2S/c8-6(9)7(11)10-5-1-3-13(12)4-2-5/h5-6H,1-4H2,(H,10,11). The monoisotopic (exact) mass is 211 g/mol. The summed E-state index contributed by atoms with van der Waals surface area (Å²) in [4.78, 5) is 10.6. The molecule has 1 heterocycles. The normalized spacial score (nSPS) is 28.8. The van der Waals surface area contributed by atoms with Gasteiger partial charge in [-0.15, -0.1) is 0 Å². The molecular weight excluding hydrogens is 200 g/mol. The minimum Gasteiger partial charge on any atom is -0.348 e. The van der Waals surface area contributed by atoms with Crippen molar-refractivity contribution in [2.45, 2.75) is 25.3 Å². The summed E-state index contributed by atoms with van der Waals surface area (Å²) in [7, 11) is -0.825. The molecule has 0 spiro atoms. The van der Waals surface area contributed by atoms with Gasteiger partial charge in [0.15, 0.2) is 0 Å². The van der Waals surface area contributed by atoms with E-state index in [2.05, 4.69) is 5.32 Å². The van der Waals surface area contributed by atoms with Gasteiger partial charge in [0.05, 0.1) is 0 Å². The van der Waals surface area contributed by atoms with Crippen LogP contribution in [-0.2, 0) is 15.6 Å². The van der Waals surface area contributed by atoms with Crippen LogP contribution in [0.3, 0.4) is 0 Å². The van der Waals surface area contributed by atoms with Gasteiger partial charge in [-0.05, 0) is 12.8 Å². The van der Waals surface area contributed by atoms with Crippen molar-refractivity contribution >= 4 is 16.7 Å². The van der Waals surface area contributed by atoms with Gasteiger partial charge in [0.25, 0.3) is 5.91 Å². The van der Waals surface area contributed by atoms with Crippen LogP contribution in [0.2, 0.25) is 0 Å². The zero-order valence-corrected chi connectivity index (χ0v) is 7.78. The molecule has 1 amide bonds. The Balaban J connectivity index is 2.30. The Kier molecular flexibility index (Phi) is 3.77. The number of carbonyl (C=O) groups excluding carboxylic acids is 1. The van der Waals surface area contributed by atoms with Crippen molar-refractivity contribution in [1.29, 1.82) is 0 Å². The lowest BCUT2D eigenvalue weighted by Gasteiger charge is -2.22. The van der Waals surface area contributed by atoms with E-state index >= 15 is 0 Å². The fourth-order valence-electron chi connectivity index (χ4n) is 1.20. The molecule has 0 bridgehead atoms. The predicted molar refractivity (Wildman–Crippen MR) is 45.0 cm³/mol. The summed E-state index contributed by atoms with van der Waals surface area (Å²) < 4.78 is 34.5. The third kappa shape index (κ3) is 3.38. The summed E-state index contributed by atoms with van der Waals surface area (Å²) in [5.74, 6) is -0.236. The molecule has 0 radical (unpaired) electrons. The summed E-state index contributed by atoms with van der Waals surface area (Å²) in [5, 5.41) is 2.22. The highest BCUT2D eigenvalue weighted by atomic mass is 32.2. The first kappa shape index (κ1) is 10.6. The topological polar surface area (TPSA) is 46.2 Å². The summed E-state index contributed by atoms with van der Waals surface area (Å²) in [6.45, 7) is 0. The minimum atomic E-state index is -2.95. The first-order valence-corrected chi connectivity index (χ1v) is 5.52. The van der Waals surface area contributed by atoms with Crippen LogP contribution >= 0.6 is 0 Å². The molecular formula is C7H11F2NO2S. The lowest BCUT2D eigenvalue weighted by molar-refractivity contribution is -0.132. The van der Waals surface area contributed by atoms with Gasteiger partial charge in [-0.25, -0.2) is 0 Å². The average Bonchev–Trinajstić information content (AvgIpc) is 2.08. The second-order valence-corrected chi connectivity index (χ2v) is 4.63. The zero-order chi connectivity index (χ0) is 9.84. The van der Waals surface area contributed by atoms with Crippen molar-refractivity contribution in [1.82, 2.24) is 5.32 Å². The van der Waals surface area contributed by atoms with Crippen molar-refractivity contribution in [3.63, 3.8) is 0 Å². The molecule has 0 aromatic rings. The molecule has 0 aromatic carbocycles. The van der Waals surface area contributed by atoms with Gasteiger partial charge in [0.2, 0.25) is 0 Å². The Morgan fingerprint density at radius 1 is 1.38 bits per heavy atom. The number of halogens is 2. The van der Waals surface area contributed by atoms with E-state index in [1.54, 1.807) is 0 Å². The highest BCUT2D eigenvalue weighted by Gasteiger charge is 2.23. The van der Waals surface area contributed by atoms with Crippen LogP contribution in [0.5, 0.6) is 0 Å². The van der Waals surface area contributed by atoms with Crippen LogP contribution in [0.25, 0.3) is 0 Å².